The van der Waals surface area contributed by atoms with E-state index in [1.807, 2.05) is 9.47 Å². The lowest BCUT2D eigenvalue weighted by Gasteiger charge is -2.31. The van der Waals surface area contributed by atoms with Crippen LogP contribution in [0.15, 0.2) is 10.6 Å². The monoisotopic (exact) mass is 371 g/mol. The number of piperidine rings is 1. The Morgan fingerprint density at radius 3 is 2.85 bits per heavy atom. The molecule has 0 aliphatic carbocycles. The molecule has 0 aromatic carbocycles. The Morgan fingerprint density at radius 1 is 1.26 bits per heavy atom. The highest BCUT2D eigenvalue weighted by Gasteiger charge is 2.31. The second-order valence-corrected chi connectivity index (χ2v) is 7.61. The first-order valence-corrected chi connectivity index (χ1v) is 9.66. The summed E-state index contributed by atoms with van der Waals surface area (Å²) in [5.41, 5.74) is 1.16. The quantitative estimate of drug-likeness (QED) is 0.895. The minimum absolute atomic E-state index is 0.0685. The predicted octanol–water partition coefficient (Wildman–Crippen LogP) is 2.64. The largest absolute Gasteiger partial charge is 0.360 e. The van der Waals surface area contributed by atoms with Gasteiger partial charge in [0.15, 0.2) is 17.3 Å². The molecule has 27 heavy (non-hydrogen) atoms. The Kier molecular flexibility index (Phi) is 4.72. The number of hydrogen-bond donors (Lipinski definition) is 1. The summed E-state index contributed by atoms with van der Waals surface area (Å²) < 4.78 is 6.93. The van der Waals surface area contributed by atoms with Gasteiger partial charge in [-0.25, -0.2) is 4.98 Å². The van der Waals surface area contributed by atoms with Gasteiger partial charge in [0.1, 0.15) is 5.76 Å². The number of amides is 2. The SMILES string of the molecule is Cc1cc(NC(=O)c2nc(C(=O)N3CCCC(C)C3)n3c2CCCC3)no1. The summed E-state index contributed by atoms with van der Waals surface area (Å²) in [6.07, 6.45) is 4.89. The molecule has 8 heteroatoms. The van der Waals surface area contributed by atoms with Gasteiger partial charge in [0.05, 0.1) is 5.69 Å². The van der Waals surface area contributed by atoms with E-state index >= 15 is 0 Å². The van der Waals surface area contributed by atoms with Gasteiger partial charge in [0.2, 0.25) is 0 Å². The Bertz CT molecular complexity index is 869. The van der Waals surface area contributed by atoms with Gasteiger partial charge >= 0.3 is 0 Å². The van der Waals surface area contributed by atoms with E-state index in [0.29, 0.717) is 29.0 Å². The number of fused-ring (bicyclic) bond motifs is 1. The van der Waals surface area contributed by atoms with Crippen molar-refractivity contribution in [1.82, 2.24) is 19.6 Å². The second-order valence-electron chi connectivity index (χ2n) is 7.61. The zero-order chi connectivity index (χ0) is 19.0. The highest BCUT2D eigenvalue weighted by Crippen LogP contribution is 2.24. The van der Waals surface area contributed by atoms with E-state index in [4.69, 9.17) is 4.52 Å². The molecule has 1 saturated heterocycles. The van der Waals surface area contributed by atoms with Crippen molar-refractivity contribution in [3.05, 3.63) is 29.0 Å². The van der Waals surface area contributed by atoms with Crippen LogP contribution in [0.5, 0.6) is 0 Å². The van der Waals surface area contributed by atoms with E-state index in [1.54, 1.807) is 13.0 Å². The molecule has 1 fully saturated rings. The molecule has 144 valence electrons. The number of hydrogen-bond acceptors (Lipinski definition) is 5. The third-order valence-corrected chi connectivity index (χ3v) is 5.34. The summed E-state index contributed by atoms with van der Waals surface area (Å²) in [6, 6.07) is 1.65. The summed E-state index contributed by atoms with van der Waals surface area (Å²) in [5, 5.41) is 6.52. The number of nitrogens with zero attached hydrogens (tertiary/aromatic N) is 4. The Morgan fingerprint density at radius 2 is 2.11 bits per heavy atom. The van der Waals surface area contributed by atoms with Gasteiger partial charge in [-0.2, -0.15) is 0 Å². The molecule has 0 radical (unpaired) electrons. The molecule has 2 amide bonds. The average Bonchev–Trinajstić information content (AvgIpc) is 3.24. The van der Waals surface area contributed by atoms with Gasteiger partial charge in [0.25, 0.3) is 11.8 Å². The molecule has 4 heterocycles. The number of nitrogens with one attached hydrogen (secondary N) is 1. The number of aromatic nitrogens is 3. The highest BCUT2D eigenvalue weighted by molar-refractivity contribution is 6.04. The molecule has 4 rings (SSSR count). The van der Waals surface area contributed by atoms with Crippen molar-refractivity contribution >= 4 is 17.6 Å². The summed E-state index contributed by atoms with van der Waals surface area (Å²) in [6.45, 7) is 6.16. The van der Waals surface area contributed by atoms with Crippen molar-refractivity contribution in [2.45, 2.75) is 52.5 Å². The van der Waals surface area contributed by atoms with Gasteiger partial charge in [-0.05, 0) is 44.9 Å². The van der Waals surface area contributed by atoms with Crippen molar-refractivity contribution in [3.8, 4) is 0 Å². The maximum Gasteiger partial charge on any atom is 0.289 e. The molecular weight excluding hydrogens is 346 g/mol. The first kappa shape index (κ1) is 17.8. The first-order valence-electron chi connectivity index (χ1n) is 9.66. The van der Waals surface area contributed by atoms with Crippen LogP contribution in [0.4, 0.5) is 5.82 Å². The van der Waals surface area contributed by atoms with Crippen LogP contribution < -0.4 is 5.32 Å². The van der Waals surface area contributed by atoms with Crippen molar-refractivity contribution in [2.75, 3.05) is 18.4 Å². The van der Waals surface area contributed by atoms with E-state index in [9.17, 15) is 9.59 Å². The van der Waals surface area contributed by atoms with Crippen LogP contribution in [0.25, 0.3) is 0 Å². The fourth-order valence-electron chi connectivity index (χ4n) is 4.00. The summed E-state index contributed by atoms with van der Waals surface area (Å²) in [7, 11) is 0. The third-order valence-electron chi connectivity index (χ3n) is 5.34. The number of carbonyl (C=O) groups excluding carboxylic acids is 2. The Labute approximate surface area is 157 Å². The van der Waals surface area contributed by atoms with Gasteiger partial charge in [0, 0.05) is 25.7 Å². The smallest absolute Gasteiger partial charge is 0.289 e. The minimum atomic E-state index is -0.347. The van der Waals surface area contributed by atoms with Crippen LogP contribution in [0.1, 0.15) is 65.2 Å². The molecule has 1 unspecified atom stereocenters. The van der Waals surface area contributed by atoms with Crippen LogP contribution in [-0.4, -0.2) is 44.5 Å². The van der Waals surface area contributed by atoms with Crippen molar-refractivity contribution in [2.24, 2.45) is 5.92 Å². The van der Waals surface area contributed by atoms with Crippen molar-refractivity contribution in [3.63, 3.8) is 0 Å². The molecule has 1 N–H and O–H groups in total. The lowest BCUT2D eigenvalue weighted by Crippen LogP contribution is -2.40. The maximum atomic E-state index is 13.1. The van der Waals surface area contributed by atoms with E-state index in [-0.39, 0.29) is 11.8 Å². The summed E-state index contributed by atoms with van der Waals surface area (Å²) in [5.74, 6) is 1.44. The summed E-state index contributed by atoms with van der Waals surface area (Å²) >= 11 is 0. The van der Waals surface area contributed by atoms with Crippen molar-refractivity contribution in [1.29, 1.82) is 0 Å². The Hall–Kier alpha value is -2.64. The number of imidazole rings is 1. The fourth-order valence-corrected chi connectivity index (χ4v) is 4.00. The van der Waals surface area contributed by atoms with E-state index < -0.39 is 0 Å². The van der Waals surface area contributed by atoms with E-state index in [1.165, 1.54) is 0 Å². The zero-order valence-electron chi connectivity index (χ0n) is 15.8. The summed E-state index contributed by atoms with van der Waals surface area (Å²) in [4.78, 5) is 32.2. The van der Waals surface area contributed by atoms with E-state index in [0.717, 1.165) is 57.4 Å². The van der Waals surface area contributed by atoms with Crippen LogP contribution in [-0.2, 0) is 13.0 Å². The van der Waals surface area contributed by atoms with Gasteiger partial charge in [-0.1, -0.05) is 12.1 Å². The number of carbonyl (C=O) groups is 2. The number of likely N-dealkylation sites (tertiary alicyclic amines) is 1. The second kappa shape index (κ2) is 7.17. The molecule has 8 nitrogen and oxygen atoms in total. The average molecular weight is 371 g/mol. The van der Waals surface area contributed by atoms with Gasteiger partial charge in [-0.15, -0.1) is 0 Å². The topological polar surface area (TPSA) is 93.3 Å². The van der Waals surface area contributed by atoms with Crippen LogP contribution in [0.2, 0.25) is 0 Å². The zero-order valence-corrected chi connectivity index (χ0v) is 15.8. The first-order chi connectivity index (χ1) is 13.0. The third kappa shape index (κ3) is 3.48. The molecule has 1 atom stereocenters. The molecule has 0 spiro atoms. The van der Waals surface area contributed by atoms with Gasteiger partial charge in [-0.3, -0.25) is 9.59 Å². The molecule has 2 aliphatic rings. The molecule has 2 aromatic heterocycles. The number of aryl methyl sites for hydroxylation is 1. The molecular formula is C19H25N5O3. The maximum absolute atomic E-state index is 13.1. The fraction of sp³-hybridized carbons (Fsp3) is 0.579. The van der Waals surface area contributed by atoms with E-state index in [2.05, 4.69) is 22.4 Å². The predicted molar refractivity (Wildman–Crippen MR) is 98.7 cm³/mol. The lowest BCUT2D eigenvalue weighted by molar-refractivity contribution is 0.0664. The molecule has 0 saturated carbocycles. The van der Waals surface area contributed by atoms with Crippen LogP contribution in [0, 0.1) is 12.8 Å². The highest BCUT2D eigenvalue weighted by atomic mass is 16.5. The standard InChI is InChI=1S/C19H25N5O3/c1-12-6-5-8-23(11-12)19(26)17-21-16(14-7-3-4-9-24(14)17)18(25)20-15-10-13(2)27-22-15/h10,12H,3-9,11H2,1-2H3,(H,20,22,25). The molecule has 2 aliphatic heterocycles. The molecule has 2 aromatic rings. The lowest BCUT2D eigenvalue weighted by atomic mass is 10.0. The number of anilines is 1. The van der Waals surface area contributed by atoms with Crippen LogP contribution in [0.3, 0.4) is 0 Å². The minimum Gasteiger partial charge on any atom is -0.360 e. The normalized spacial score (nSPS) is 19.6. The Balaban J connectivity index is 1.63. The van der Waals surface area contributed by atoms with Crippen LogP contribution >= 0.6 is 0 Å². The van der Waals surface area contributed by atoms with Gasteiger partial charge < -0.3 is 19.3 Å². The van der Waals surface area contributed by atoms with Crippen molar-refractivity contribution < 1.29 is 14.1 Å². The number of rotatable bonds is 3. The molecule has 0 bridgehead atoms.